The summed E-state index contributed by atoms with van der Waals surface area (Å²) in [5, 5.41) is 10.4. The molecule has 0 atom stereocenters. The minimum atomic E-state index is 0.150. The molecule has 0 bridgehead atoms. The molecule has 0 aromatic rings. The van der Waals surface area contributed by atoms with Crippen LogP contribution >= 0.6 is 0 Å². The van der Waals surface area contributed by atoms with Gasteiger partial charge in [-0.15, -0.1) is 0 Å². The van der Waals surface area contributed by atoms with Crippen molar-refractivity contribution in [2.75, 3.05) is 73.0 Å². The second kappa shape index (κ2) is 12.8. The Hall–Kier alpha value is -1.38. The van der Waals surface area contributed by atoms with Crippen molar-refractivity contribution >= 4 is 11.9 Å². The molecule has 3 aliphatic rings. The van der Waals surface area contributed by atoms with Gasteiger partial charge < -0.3 is 20.9 Å². The van der Waals surface area contributed by atoms with Crippen LogP contribution in [0.25, 0.3) is 0 Å². The van der Waals surface area contributed by atoms with Gasteiger partial charge in [0.1, 0.15) is 0 Å². The topological polar surface area (TPSA) is 75.2 Å². The molecule has 3 heterocycles. The van der Waals surface area contributed by atoms with Crippen molar-refractivity contribution in [2.24, 2.45) is 4.99 Å². The standard InChI is InChI=1S/C24H47N7O/c1-4-12-26-22(32)19-30-15-8-21(9-16-30)28-23(25-2)27-20-24(10-17-29(3)18-11-24)31-13-6-5-7-14-31/h21H,4-20H2,1-3H3,(H,26,32)(H2,25,27,28). The Bertz CT molecular complexity index is 589. The van der Waals surface area contributed by atoms with Gasteiger partial charge in [0.2, 0.25) is 5.91 Å². The van der Waals surface area contributed by atoms with Crippen LogP contribution in [0.2, 0.25) is 0 Å². The van der Waals surface area contributed by atoms with E-state index in [1.165, 1.54) is 58.3 Å². The molecule has 8 nitrogen and oxygen atoms in total. The van der Waals surface area contributed by atoms with Gasteiger partial charge in [0, 0.05) is 44.8 Å². The van der Waals surface area contributed by atoms with E-state index in [2.05, 4.69) is 49.6 Å². The summed E-state index contributed by atoms with van der Waals surface area (Å²) >= 11 is 0. The van der Waals surface area contributed by atoms with Crippen LogP contribution in [0, 0.1) is 0 Å². The van der Waals surface area contributed by atoms with E-state index in [4.69, 9.17) is 0 Å². The summed E-state index contributed by atoms with van der Waals surface area (Å²) < 4.78 is 0. The first kappa shape index (κ1) is 25.2. The Kier molecular flexibility index (Phi) is 10.1. The Morgan fingerprint density at radius 2 is 1.69 bits per heavy atom. The molecule has 0 radical (unpaired) electrons. The maximum atomic E-state index is 12.0. The van der Waals surface area contributed by atoms with Gasteiger partial charge in [0.15, 0.2) is 5.96 Å². The largest absolute Gasteiger partial charge is 0.355 e. The molecule has 0 aromatic carbocycles. The van der Waals surface area contributed by atoms with Crippen LogP contribution in [0.4, 0.5) is 0 Å². The minimum absolute atomic E-state index is 0.150. The molecule has 0 spiro atoms. The van der Waals surface area contributed by atoms with Gasteiger partial charge in [-0.3, -0.25) is 19.6 Å². The molecule has 8 heteroatoms. The van der Waals surface area contributed by atoms with Crippen molar-refractivity contribution in [3.8, 4) is 0 Å². The number of aliphatic imine (C=N–C) groups is 1. The number of nitrogens with one attached hydrogen (secondary N) is 3. The maximum absolute atomic E-state index is 12.0. The fourth-order valence-corrected chi connectivity index (χ4v) is 5.40. The molecule has 0 aromatic heterocycles. The van der Waals surface area contributed by atoms with E-state index < -0.39 is 0 Å². The number of rotatable bonds is 8. The zero-order chi connectivity index (χ0) is 22.8. The van der Waals surface area contributed by atoms with E-state index >= 15 is 0 Å². The summed E-state index contributed by atoms with van der Waals surface area (Å²) in [5.41, 5.74) is 0.250. The summed E-state index contributed by atoms with van der Waals surface area (Å²) in [6, 6.07) is 0.416. The average molecular weight is 450 g/mol. The molecular weight excluding hydrogens is 402 g/mol. The molecule has 0 saturated carbocycles. The second-order valence-electron chi connectivity index (χ2n) is 10.0. The van der Waals surface area contributed by atoms with Gasteiger partial charge in [0.05, 0.1) is 6.54 Å². The highest BCUT2D eigenvalue weighted by molar-refractivity contribution is 5.80. The highest BCUT2D eigenvalue weighted by Crippen LogP contribution is 2.30. The summed E-state index contributed by atoms with van der Waals surface area (Å²) in [5.74, 6) is 1.08. The average Bonchev–Trinajstić information content (AvgIpc) is 2.83. The first-order valence-corrected chi connectivity index (χ1v) is 12.9. The number of guanidine groups is 1. The number of carbonyl (C=O) groups excluding carboxylic acids is 1. The Balaban J connectivity index is 1.46. The van der Waals surface area contributed by atoms with E-state index in [0.717, 1.165) is 51.4 Å². The number of likely N-dealkylation sites (tertiary alicyclic amines) is 3. The predicted molar refractivity (Wildman–Crippen MR) is 132 cm³/mol. The van der Waals surface area contributed by atoms with Gasteiger partial charge in [-0.25, -0.2) is 0 Å². The number of amides is 1. The van der Waals surface area contributed by atoms with Crippen LogP contribution in [0.15, 0.2) is 4.99 Å². The van der Waals surface area contributed by atoms with Crippen molar-refractivity contribution in [3.63, 3.8) is 0 Å². The lowest BCUT2D eigenvalue weighted by Gasteiger charge is -2.50. The van der Waals surface area contributed by atoms with Crippen LogP contribution in [-0.2, 0) is 4.79 Å². The normalized spacial score (nSPS) is 24.3. The maximum Gasteiger partial charge on any atom is 0.234 e. The zero-order valence-electron chi connectivity index (χ0n) is 20.8. The summed E-state index contributed by atoms with van der Waals surface area (Å²) in [4.78, 5) is 24.0. The van der Waals surface area contributed by atoms with Crippen LogP contribution < -0.4 is 16.0 Å². The number of nitrogens with zero attached hydrogens (tertiary/aromatic N) is 4. The number of carbonyl (C=O) groups is 1. The molecule has 3 aliphatic heterocycles. The molecule has 0 unspecified atom stereocenters. The van der Waals surface area contributed by atoms with E-state index in [1.807, 2.05) is 7.05 Å². The van der Waals surface area contributed by atoms with Crippen molar-refractivity contribution in [1.82, 2.24) is 30.7 Å². The van der Waals surface area contributed by atoms with Gasteiger partial charge in [0.25, 0.3) is 0 Å². The fraction of sp³-hybridized carbons (Fsp3) is 0.917. The first-order chi connectivity index (χ1) is 15.5. The highest BCUT2D eigenvalue weighted by atomic mass is 16.2. The Labute approximate surface area is 195 Å². The van der Waals surface area contributed by atoms with Crippen LogP contribution in [0.3, 0.4) is 0 Å². The third-order valence-corrected chi connectivity index (χ3v) is 7.62. The van der Waals surface area contributed by atoms with E-state index in [1.54, 1.807) is 0 Å². The van der Waals surface area contributed by atoms with Crippen LogP contribution in [0.1, 0.15) is 58.3 Å². The van der Waals surface area contributed by atoms with Crippen molar-refractivity contribution in [1.29, 1.82) is 0 Å². The van der Waals surface area contributed by atoms with Crippen molar-refractivity contribution < 1.29 is 4.79 Å². The molecule has 3 N–H and O–H groups in total. The SMILES string of the molecule is CCCNC(=O)CN1CCC(NC(=NC)NCC2(N3CCCCC3)CCN(C)CC2)CC1. The van der Waals surface area contributed by atoms with Crippen LogP contribution in [0.5, 0.6) is 0 Å². The molecule has 3 fully saturated rings. The molecule has 32 heavy (non-hydrogen) atoms. The molecular formula is C24H47N7O. The second-order valence-corrected chi connectivity index (χ2v) is 10.0. The lowest BCUT2D eigenvalue weighted by molar-refractivity contribution is -0.122. The van der Waals surface area contributed by atoms with Gasteiger partial charge >= 0.3 is 0 Å². The third kappa shape index (κ3) is 7.32. The summed E-state index contributed by atoms with van der Waals surface area (Å²) in [6.45, 7) is 11.1. The predicted octanol–water partition coefficient (Wildman–Crippen LogP) is 1.09. The molecule has 3 rings (SSSR count). The van der Waals surface area contributed by atoms with Crippen LogP contribution in [-0.4, -0.2) is 111 Å². The monoisotopic (exact) mass is 449 g/mol. The molecule has 0 aliphatic carbocycles. The minimum Gasteiger partial charge on any atom is -0.355 e. The number of piperidine rings is 3. The Morgan fingerprint density at radius 3 is 2.31 bits per heavy atom. The third-order valence-electron chi connectivity index (χ3n) is 7.62. The number of hydrogen-bond acceptors (Lipinski definition) is 5. The van der Waals surface area contributed by atoms with E-state index in [-0.39, 0.29) is 11.4 Å². The number of hydrogen-bond donors (Lipinski definition) is 3. The van der Waals surface area contributed by atoms with Gasteiger partial charge in [-0.2, -0.15) is 0 Å². The Morgan fingerprint density at radius 1 is 1.00 bits per heavy atom. The molecule has 3 saturated heterocycles. The molecule has 184 valence electrons. The highest BCUT2D eigenvalue weighted by Gasteiger charge is 2.39. The van der Waals surface area contributed by atoms with Crippen molar-refractivity contribution in [3.05, 3.63) is 0 Å². The van der Waals surface area contributed by atoms with E-state index in [9.17, 15) is 4.79 Å². The lowest BCUT2D eigenvalue weighted by Crippen LogP contribution is -2.62. The van der Waals surface area contributed by atoms with Crippen molar-refractivity contribution in [2.45, 2.75) is 69.9 Å². The van der Waals surface area contributed by atoms with Gasteiger partial charge in [-0.1, -0.05) is 13.3 Å². The first-order valence-electron chi connectivity index (χ1n) is 12.9. The lowest BCUT2D eigenvalue weighted by atomic mass is 9.84. The molecule has 1 amide bonds. The quantitative estimate of drug-likeness (QED) is 0.381. The fourth-order valence-electron chi connectivity index (χ4n) is 5.40. The smallest absolute Gasteiger partial charge is 0.234 e. The van der Waals surface area contributed by atoms with Gasteiger partial charge in [-0.05, 0) is 78.2 Å². The summed E-state index contributed by atoms with van der Waals surface area (Å²) in [7, 11) is 4.12. The van der Waals surface area contributed by atoms with E-state index in [0.29, 0.717) is 12.6 Å². The summed E-state index contributed by atoms with van der Waals surface area (Å²) in [6.07, 6.45) is 9.58. The zero-order valence-corrected chi connectivity index (χ0v) is 20.8.